The number of hydrogen-bond acceptors (Lipinski definition) is 3. The van der Waals surface area contributed by atoms with Crippen molar-refractivity contribution >= 4 is 11.6 Å². The first-order valence-corrected chi connectivity index (χ1v) is 8.39. The molecule has 2 heterocycles. The fourth-order valence-electron chi connectivity index (χ4n) is 2.66. The van der Waals surface area contributed by atoms with Crippen molar-refractivity contribution in [1.29, 1.82) is 0 Å². The maximum Gasteiger partial charge on any atom is 0.220 e. The molecular weight excluding hydrogens is 300 g/mol. The zero-order valence-corrected chi connectivity index (χ0v) is 13.9. The van der Waals surface area contributed by atoms with Crippen LogP contribution in [0.2, 0.25) is 0 Å². The van der Waals surface area contributed by atoms with Crippen LogP contribution in [-0.2, 0) is 24.1 Å². The molecule has 0 bridgehead atoms. The number of carbonyl (C=O) groups is 1. The molecule has 0 fully saturated rings. The third-order valence-electron chi connectivity index (χ3n) is 4.13. The third-order valence-corrected chi connectivity index (χ3v) is 4.13. The lowest BCUT2D eigenvalue weighted by atomic mass is 10.1. The number of fused-ring (bicyclic) bond motifs is 1. The van der Waals surface area contributed by atoms with Gasteiger partial charge in [0.2, 0.25) is 5.91 Å². The van der Waals surface area contributed by atoms with E-state index in [2.05, 4.69) is 46.7 Å². The second-order valence-corrected chi connectivity index (χ2v) is 5.82. The van der Waals surface area contributed by atoms with Gasteiger partial charge in [0.15, 0.2) is 5.65 Å². The van der Waals surface area contributed by atoms with Crippen molar-refractivity contribution in [2.75, 3.05) is 6.54 Å². The Morgan fingerprint density at radius 3 is 2.62 bits per heavy atom. The van der Waals surface area contributed by atoms with Crippen LogP contribution in [0.3, 0.4) is 0 Å². The van der Waals surface area contributed by atoms with Crippen LogP contribution in [0.15, 0.2) is 48.7 Å². The number of nitrogens with one attached hydrogen (secondary N) is 1. The Hall–Kier alpha value is -2.69. The van der Waals surface area contributed by atoms with Gasteiger partial charge in [-0.3, -0.25) is 9.20 Å². The van der Waals surface area contributed by atoms with Gasteiger partial charge >= 0.3 is 0 Å². The van der Waals surface area contributed by atoms with Gasteiger partial charge in [-0.2, -0.15) is 0 Å². The van der Waals surface area contributed by atoms with Gasteiger partial charge in [0.05, 0.1) is 0 Å². The molecule has 2 aromatic heterocycles. The number of hydrogen-bond donors (Lipinski definition) is 1. The molecule has 0 spiro atoms. The third kappa shape index (κ3) is 3.98. The van der Waals surface area contributed by atoms with Crippen LogP contribution in [0.25, 0.3) is 5.65 Å². The highest BCUT2D eigenvalue weighted by Crippen LogP contribution is 2.07. The van der Waals surface area contributed by atoms with E-state index in [1.165, 1.54) is 11.1 Å². The summed E-state index contributed by atoms with van der Waals surface area (Å²) in [5, 5.41) is 11.2. The van der Waals surface area contributed by atoms with Crippen molar-refractivity contribution < 1.29 is 4.79 Å². The van der Waals surface area contributed by atoms with Crippen molar-refractivity contribution in [2.45, 2.75) is 32.6 Å². The molecule has 1 aromatic carbocycles. The minimum absolute atomic E-state index is 0.0726. The van der Waals surface area contributed by atoms with Gasteiger partial charge < -0.3 is 5.32 Å². The Kier molecular flexibility index (Phi) is 5.21. The first-order chi connectivity index (χ1) is 11.8. The number of aromatic nitrogens is 3. The van der Waals surface area contributed by atoms with Gasteiger partial charge in [0, 0.05) is 25.6 Å². The van der Waals surface area contributed by atoms with Crippen molar-refractivity contribution in [3.63, 3.8) is 0 Å². The Morgan fingerprint density at radius 2 is 1.83 bits per heavy atom. The molecule has 124 valence electrons. The van der Waals surface area contributed by atoms with Crippen LogP contribution in [0.5, 0.6) is 0 Å². The second kappa shape index (κ2) is 7.73. The van der Waals surface area contributed by atoms with Crippen LogP contribution in [-0.4, -0.2) is 27.0 Å². The number of pyridine rings is 1. The SMILES string of the molecule is CCc1ccc(CCC(=O)NCCc2nnc3ccccn23)cc1. The Balaban J connectivity index is 1.44. The monoisotopic (exact) mass is 322 g/mol. The molecule has 0 unspecified atom stereocenters. The normalized spacial score (nSPS) is 10.9. The molecule has 3 aromatic rings. The molecule has 0 saturated carbocycles. The number of benzene rings is 1. The molecule has 24 heavy (non-hydrogen) atoms. The lowest BCUT2D eigenvalue weighted by molar-refractivity contribution is -0.121. The largest absolute Gasteiger partial charge is 0.356 e. The molecular formula is C19H22N4O. The van der Waals surface area contributed by atoms with E-state index in [-0.39, 0.29) is 5.91 Å². The summed E-state index contributed by atoms with van der Waals surface area (Å²) in [7, 11) is 0. The summed E-state index contributed by atoms with van der Waals surface area (Å²) in [5.74, 6) is 0.935. The van der Waals surface area contributed by atoms with Crippen LogP contribution < -0.4 is 5.32 Å². The first-order valence-electron chi connectivity index (χ1n) is 8.39. The molecule has 3 rings (SSSR count). The molecule has 0 aliphatic heterocycles. The van der Waals surface area contributed by atoms with Gasteiger partial charge in [-0.05, 0) is 36.1 Å². The zero-order chi connectivity index (χ0) is 16.8. The molecule has 0 saturated heterocycles. The number of rotatable bonds is 7. The van der Waals surface area contributed by atoms with Gasteiger partial charge in [-0.15, -0.1) is 10.2 Å². The maximum atomic E-state index is 12.0. The average molecular weight is 322 g/mol. The van der Waals surface area contributed by atoms with Crippen molar-refractivity contribution in [2.24, 2.45) is 0 Å². The van der Waals surface area contributed by atoms with E-state index in [0.717, 1.165) is 24.3 Å². The van der Waals surface area contributed by atoms with Crippen molar-refractivity contribution in [3.8, 4) is 0 Å². The number of amides is 1. The van der Waals surface area contributed by atoms with Crippen LogP contribution in [0.4, 0.5) is 0 Å². The van der Waals surface area contributed by atoms with Crippen LogP contribution >= 0.6 is 0 Å². The summed E-state index contributed by atoms with van der Waals surface area (Å²) < 4.78 is 1.95. The number of carbonyl (C=O) groups excluding carboxylic acids is 1. The molecule has 1 N–H and O–H groups in total. The molecule has 0 radical (unpaired) electrons. The van der Waals surface area contributed by atoms with Crippen LogP contribution in [0.1, 0.15) is 30.3 Å². The Labute approximate surface area is 141 Å². The van der Waals surface area contributed by atoms with Gasteiger partial charge in [0.25, 0.3) is 0 Å². The maximum absolute atomic E-state index is 12.0. The Bertz CT molecular complexity index is 808. The minimum Gasteiger partial charge on any atom is -0.356 e. The highest BCUT2D eigenvalue weighted by Gasteiger charge is 2.06. The molecule has 5 nitrogen and oxygen atoms in total. The summed E-state index contributed by atoms with van der Waals surface area (Å²) in [6, 6.07) is 14.3. The molecule has 1 amide bonds. The Morgan fingerprint density at radius 1 is 1.04 bits per heavy atom. The fourth-order valence-corrected chi connectivity index (χ4v) is 2.66. The van der Waals surface area contributed by atoms with Gasteiger partial charge in [-0.25, -0.2) is 0 Å². The predicted octanol–water partition coefficient (Wildman–Crippen LogP) is 2.58. The summed E-state index contributed by atoms with van der Waals surface area (Å²) in [4.78, 5) is 12.0. The lowest BCUT2D eigenvalue weighted by Gasteiger charge is -2.05. The highest BCUT2D eigenvalue weighted by atomic mass is 16.1. The topological polar surface area (TPSA) is 59.3 Å². The minimum atomic E-state index is 0.0726. The smallest absolute Gasteiger partial charge is 0.220 e. The zero-order valence-electron chi connectivity index (χ0n) is 13.9. The molecule has 0 aliphatic rings. The second-order valence-electron chi connectivity index (χ2n) is 5.82. The van der Waals surface area contributed by atoms with E-state index < -0.39 is 0 Å². The molecule has 5 heteroatoms. The average Bonchev–Trinajstić information content (AvgIpc) is 3.04. The van der Waals surface area contributed by atoms with Gasteiger partial charge in [-0.1, -0.05) is 37.3 Å². The lowest BCUT2D eigenvalue weighted by Crippen LogP contribution is -2.26. The van der Waals surface area contributed by atoms with Crippen LogP contribution in [0, 0.1) is 0 Å². The van der Waals surface area contributed by atoms with E-state index >= 15 is 0 Å². The van der Waals surface area contributed by atoms with E-state index in [0.29, 0.717) is 19.4 Å². The first kappa shape index (κ1) is 16.2. The van der Waals surface area contributed by atoms with Crippen molar-refractivity contribution in [1.82, 2.24) is 19.9 Å². The summed E-state index contributed by atoms with van der Waals surface area (Å²) in [6.45, 7) is 2.71. The highest BCUT2D eigenvalue weighted by molar-refractivity contribution is 5.76. The predicted molar refractivity (Wildman–Crippen MR) is 93.8 cm³/mol. The van der Waals surface area contributed by atoms with E-state index in [4.69, 9.17) is 0 Å². The fraction of sp³-hybridized carbons (Fsp3) is 0.316. The summed E-state index contributed by atoms with van der Waals surface area (Å²) >= 11 is 0. The molecule has 0 atom stereocenters. The number of nitrogens with zero attached hydrogens (tertiary/aromatic N) is 3. The summed E-state index contributed by atoms with van der Waals surface area (Å²) in [5.41, 5.74) is 3.35. The quantitative estimate of drug-likeness (QED) is 0.727. The van der Waals surface area contributed by atoms with E-state index in [9.17, 15) is 4.79 Å². The van der Waals surface area contributed by atoms with Crippen molar-refractivity contribution in [3.05, 3.63) is 65.6 Å². The van der Waals surface area contributed by atoms with E-state index in [1.807, 2.05) is 28.8 Å². The summed E-state index contributed by atoms with van der Waals surface area (Å²) in [6.07, 6.45) is 4.92. The van der Waals surface area contributed by atoms with Gasteiger partial charge in [0.1, 0.15) is 5.82 Å². The van der Waals surface area contributed by atoms with E-state index in [1.54, 1.807) is 0 Å². The number of aryl methyl sites for hydroxylation is 2. The standard InChI is InChI=1S/C19H22N4O/c1-2-15-6-8-16(9-7-15)10-11-19(24)20-13-12-18-22-21-17-5-3-4-14-23(17)18/h3-9,14H,2,10-13H2,1H3,(H,20,24). The molecule has 0 aliphatic carbocycles.